The molecule has 6 nitrogen and oxygen atoms in total. The summed E-state index contributed by atoms with van der Waals surface area (Å²) in [6.45, 7) is 6.21. The van der Waals surface area contributed by atoms with Crippen molar-refractivity contribution in [2.45, 2.75) is 19.9 Å². The van der Waals surface area contributed by atoms with E-state index in [0.29, 0.717) is 23.6 Å². The number of rotatable bonds is 4. The molecule has 6 heteroatoms. The van der Waals surface area contributed by atoms with Gasteiger partial charge in [0, 0.05) is 43.0 Å². The number of aryl methyl sites for hydroxylation is 1. The second-order valence-corrected chi connectivity index (χ2v) is 6.53. The van der Waals surface area contributed by atoms with E-state index in [9.17, 15) is 4.79 Å². The van der Waals surface area contributed by atoms with E-state index in [1.807, 2.05) is 30.0 Å². The largest absolute Gasteiger partial charge is 0.497 e. The van der Waals surface area contributed by atoms with E-state index in [2.05, 4.69) is 16.8 Å². The lowest BCUT2D eigenvalue weighted by atomic mass is 10.1. The predicted octanol–water partition coefficient (Wildman–Crippen LogP) is 2.76. The first-order valence-corrected chi connectivity index (χ1v) is 8.74. The molecule has 1 aromatic heterocycles. The molecule has 2 heterocycles. The lowest BCUT2D eigenvalue weighted by Crippen LogP contribution is -2.54. The molecule has 1 atom stereocenters. The van der Waals surface area contributed by atoms with E-state index in [1.54, 1.807) is 32.4 Å². The molecule has 1 fully saturated rings. The second kappa shape index (κ2) is 7.64. The number of hydrogen-bond donors (Lipinski definition) is 0. The molecule has 1 aliphatic rings. The number of benzene rings is 1. The van der Waals surface area contributed by atoms with Crippen molar-refractivity contribution in [3.8, 4) is 11.5 Å². The van der Waals surface area contributed by atoms with Crippen LogP contribution >= 0.6 is 0 Å². The van der Waals surface area contributed by atoms with Gasteiger partial charge in [-0.1, -0.05) is 6.07 Å². The van der Waals surface area contributed by atoms with E-state index >= 15 is 0 Å². The smallest absolute Gasteiger partial charge is 0.254 e. The van der Waals surface area contributed by atoms with Gasteiger partial charge in [-0.25, -0.2) is 4.98 Å². The number of methoxy groups -OCH3 is 2. The topological polar surface area (TPSA) is 54.9 Å². The van der Waals surface area contributed by atoms with Crippen molar-refractivity contribution in [3.05, 3.63) is 47.7 Å². The Morgan fingerprint density at radius 1 is 1.12 bits per heavy atom. The zero-order chi connectivity index (χ0) is 18.7. The van der Waals surface area contributed by atoms with Gasteiger partial charge in [0.25, 0.3) is 5.91 Å². The Balaban J connectivity index is 1.76. The summed E-state index contributed by atoms with van der Waals surface area (Å²) in [6.07, 6.45) is 0. The first-order valence-electron chi connectivity index (χ1n) is 8.74. The molecule has 1 unspecified atom stereocenters. The highest BCUT2D eigenvalue weighted by Crippen LogP contribution is 2.25. The zero-order valence-corrected chi connectivity index (χ0v) is 15.7. The lowest BCUT2D eigenvalue weighted by Gasteiger charge is -2.40. The summed E-state index contributed by atoms with van der Waals surface area (Å²) in [5.74, 6) is 2.18. The Morgan fingerprint density at radius 2 is 1.81 bits per heavy atom. The van der Waals surface area contributed by atoms with Gasteiger partial charge < -0.3 is 19.3 Å². The molecular formula is C20H25N3O3. The predicted molar refractivity (Wildman–Crippen MR) is 101 cm³/mol. The zero-order valence-electron chi connectivity index (χ0n) is 15.7. The first kappa shape index (κ1) is 18.0. The Bertz CT molecular complexity index is 771. The Kier molecular flexibility index (Phi) is 5.30. The number of aromatic nitrogens is 1. The van der Waals surface area contributed by atoms with Gasteiger partial charge in [-0.05, 0) is 38.1 Å². The lowest BCUT2D eigenvalue weighted by molar-refractivity contribution is 0.0673. The molecule has 1 aliphatic heterocycles. The molecule has 0 bridgehead atoms. The fourth-order valence-electron chi connectivity index (χ4n) is 3.27. The maximum atomic E-state index is 13.0. The molecule has 138 valence electrons. The molecular weight excluding hydrogens is 330 g/mol. The van der Waals surface area contributed by atoms with Crippen LogP contribution in [0.25, 0.3) is 0 Å². The number of pyridine rings is 1. The van der Waals surface area contributed by atoms with Crippen LogP contribution in [-0.2, 0) is 0 Å². The Hall–Kier alpha value is -2.76. The summed E-state index contributed by atoms with van der Waals surface area (Å²) in [7, 11) is 3.17. The molecule has 1 aromatic carbocycles. The van der Waals surface area contributed by atoms with Crippen LogP contribution < -0.4 is 14.4 Å². The van der Waals surface area contributed by atoms with Crippen LogP contribution in [0.4, 0.5) is 5.82 Å². The molecule has 0 radical (unpaired) electrons. The molecule has 0 N–H and O–H groups in total. The van der Waals surface area contributed by atoms with Crippen LogP contribution in [0.15, 0.2) is 36.4 Å². The number of anilines is 1. The summed E-state index contributed by atoms with van der Waals surface area (Å²) in [5, 5.41) is 0. The molecule has 0 aliphatic carbocycles. The van der Waals surface area contributed by atoms with Crippen molar-refractivity contribution in [2.24, 2.45) is 0 Å². The van der Waals surface area contributed by atoms with E-state index in [1.165, 1.54) is 0 Å². The van der Waals surface area contributed by atoms with E-state index < -0.39 is 0 Å². The second-order valence-electron chi connectivity index (χ2n) is 6.53. The number of carbonyl (C=O) groups excluding carboxylic acids is 1. The monoisotopic (exact) mass is 355 g/mol. The van der Waals surface area contributed by atoms with Crippen LogP contribution in [-0.4, -0.2) is 55.7 Å². The minimum Gasteiger partial charge on any atom is -0.497 e. The SMILES string of the molecule is COc1cc(OC)cc(C(=O)N2CCN(c3cccc(C)n3)CC2C)c1. The number of nitrogens with zero attached hydrogens (tertiary/aromatic N) is 3. The van der Waals surface area contributed by atoms with Gasteiger partial charge in [-0.3, -0.25) is 4.79 Å². The summed E-state index contributed by atoms with van der Waals surface area (Å²) >= 11 is 0. The first-order chi connectivity index (χ1) is 12.5. The van der Waals surface area contributed by atoms with Crippen LogP contribution in [0.2, 0.25) is 0 Å². The van der Waals surface area contributed by atoms with Gasteiger partial charge in [0.15, 0.2) is 0 Å². The van der Waals surface area contributed by atoms with Crippen LogP contribution in [0.1, 0.15) is 23.0 Å². The molecule has 2 aromatic rings. The van der Waals surface area contributed by atoms with Gasteiger partial charge in [0.2, 0.25) is 0 Å². The third-order valence-corrected chi connectivity index (χ3v) is 4.68. The molecule has 26 heavy (non-hydrogen) atoms. The van der Waals surface area contributed by atoms with Gasteiger partial charge in [-0.2, -0.15) is 0 Å². The molecule has 3 rings (SSSR count). The van der Waals surface area contributed by atoms with Crippen molar-refractivity contribution in [2.75, 3.05) is 38.8 Å². The fourth-order valence-corrected chi connectivity index (χ4v) is 3.27. The third kappa shape index (κ3) is 3.74. The number of piperazine rings is 1. The summed E-state index contributed by atoms with van der Waals surface area (Å²) in [6, 6.07) is 11.4. The van der Waals surface area contributed by atoms with E-state index in [-0.39, 0.29) is 11.9 Å². The Morgan fingerprint density at radius 3 is 2.38 bits per heavy atom. The summed E-state index contributed by atoms with van der Waals surface area (Å²) in [4.78, 5) is 21.8. The molecule has 0 saturated carbocycles. The highest BCUT2D eigenvalue weighted by molar-refractivity contribution is 5.95. The number of carbonyl (C=O) groups is 1. The number of amides is 1. The minimum absolute atomic E-state index is 0.00782. The van der Waals surface area contributed by atoms with Crippen LogP contribution in [0, 0.1) is 6.92 Å². The average Bonchev–Trinajstić information content (AvgIpc) is 2.66. The normalized spacial score (nSPS) is 17.2. The van der Waals surface area contributed by atoms with E-state index in [4.69, 9.17) is 9.47 Å². The number of hydrogen-bond acceptors (Lipinski definition) is 5. The maximum absolute atomic E-state index is 13.0. The van der Waals surface area contributed by atoms with Crippen molar-refractivity contribution < 1.29 is 14.3 Å². The van der Waals surface area contributed by atoms with E-state index in [0.717, 1.165) is 24.6 Å². The Labute approximate surface area is 154 Å². The summed E-state index contributed by atoms with van der Waals surface area (Å²) in [5.41, 5.74) is 1.58. The number of ether oxygens (including phenoxy) is 2. The van der Waals surface area contributed by atoms with Crippen molar-refractivity contribution in [1.82, 2.24) is 9.88 Å². The van der Waals surface area contributed by atoms with Crippen molar-refractivity contribution in [1.29, 1.82) is 0 Å². The fraction of sp³-hybridized carbons (Fsp3) is 0.400. The third-order valence-electron chi connectivity index (χ3n) is 4.68. The van der Waals surface area contributed by atoms with Gasteiger partial charge in [0.05, 0.1) is 14.2 Å². The summed E-state index contributed by atoms with van der Waals surface area (Å²) < 4.78 is 10.6. The molecule has 0 spiro atoms. The quantitative estimate of drug-likeness (QED) is 0.844. The van der Waals surface area contributed by atoms with Crippen molar-refractivity contribution >= 4 is 11.7 Å². The molecule has 1 amide bonds. The minimum atomic E-state index is -0.00782. The van der Waals surface area contributed by atoms with Gasteiger partial charge in [0.1, 0.15) is 17.3 Å². The average molecular weight is 355 g/mol. The standard InChI is InChI=1S/C20H25N3O3/c1-14-6-5-7-19(21-14)22-8-9-23(15(2)13-22)20(24)16-10-17(25-3)12-18(11-16)26-4/h5-7,10-12,15H,8-9,13H2,1-4H3. The van der Waals surface area contributed by atoms with Crippen LogP contribution in [0.5, 0.6) is 11.5 Å². The van der Waals surface area contributed by atoms with Gasteiger partial charge >= 0.3 is 0 Å². The van der Waals surface area contributed by atoms with Crippen molar-refractivity contribution in [3.63, 3.8) is 0 Å². The highest BCUT2D eigenvalue weighted by atomic mass is 16.5. The highest BCUT2D eigenvalue weighted by Gasteiger charge is 2.29. The van der Waals surface area contributed by atoms with Crippen LogP contribution in [0.3, 0.4) is 0 Å². The maximum Gasteiger partial charge on any atom is 0.254 e. The van der Waals surface area contributed by atoms with Gasteiger partial charge in [-0.15, -0.1) is 0 Å². The molecule has 1 saturated heterocycles.